The summed E-state index contributed by atoms with van der Waals surface area (Å²) in [6.45, 7) is 2.65. The fraction of sp³-hybridized carbons (Fsp3) is 0.500. The second kappa shape index (κ2) is 8.91. The van der Waals surface area contributed by atoms with E-state index in [0.717, 1.165) is 23.7 Å². The summed E-state index contributed by atoms with van der Waals surface area (Å²) in [7, 11) is 0. The molecule has 0 radical (unpaired) electrons. The van der Waals surface area contributed by atoms with Crippen LogP contribution in [0.15, 0.2) is 22.7 Å². The number of hydrogen-bond acceptors (Lipinski definition) is 3. The zero-order chi connectivity index (χ0) is 14.1. The van der Waals surface area contributed by atoms with E-state index in [0.29, 0.717) is 19.6 Å². The fourth-order valence-electron chi connectivity index (χ4n) is 1.55. The molecular weight excluding hydrogens is 315 g/mol. The van der Waals surface area contributed by atoms with Gasteiger partial charge in [-0.25, -0.2) is 4.39 Å². The molecule has 1 aromatic rings. The van der Waals surface area contributed by atoms with Gasteiger partial charge in [0.2, 0.25) is 0 Å². The van der Waals surface area contributed by atoms with Crippen molar-refractivity contribution in [3.05, 3.63) is 28.5 Å². The van der Waals surface area contributed by atoms with Crippen LogP contribution in [0, 0.1) is 5.82 Å². The topological polar surface area (TPSA) is 35.5 Å². The maximum atomic E-state index is 13.3. The van der Waals surface area contributed by atoms with E-state index in [-0.39, 0.29) is 17.5 Å². The Hall–Kier alpha value is -1.10. The zero-order valence-corrected chi connectivity index (χ0v) is 12.5. The van der Waals surface area contributed by atoms with Crippen LogP contribution in [0.1, 0.15) is 32.6 Å². The van der Waals surface area contributed by atoms with E-state index >= 15 is 0 Å². The molecule has 0 atom stereocenters. The van der Waals surface area contributed by atoms with Crippen LogP contribution in [0.2, 0.25) is 0 Å². The van der Waals surface area contributed by atoms with E-state index in [2.05, 4.69) is 15.9 Å². The summed E-state index contributed by atoms with van der Waals surface area (Å²) in [4.78, 5) is 11.1. The second-order valence-electron chi connectivity index (χ2n) is 4.04. The van der Waals surface area contributed by atoms with Crippen LogP contribution < -0.4 is 4.74 Å². The molecule has 0 unspecified atom stereocenters. The fourth-order valence-corrected chi connectivity index (χ4v) is 1.89. The van der Waals surface area contributed by atoms with Crippen LogP contribution >= 0.6 is 15.9 Å². The van der Waals surface area contributed by atoms with Crippen LogP contribution in [0.5, 0.6) is 5.75 Å². The molecule has 0 heterocycles. The molecule has 0 saturated carbocycles. The van der Waals surface area contributed by atoms with Gasteiger partial charge in [-0.3, -0.25) is 4.79 Å². The van der Waals surface area contributed by atoms with Crippen molar-refractivity contribution in [3.8, 4) is 5.75 Å². The van der Waals surface area contributed by atoms with E-state index in [9.17, 15) is 9.18 Å². The SMILES string of the molecule is CCOC(=O)CCCCCOc1cc(Br)ccc1F. The van der Waals surface area contributed by atoms with E-state index in [1.165, 1.54) is 6.07 Å². The molecule has 0 saturated heterocycles. The smallest absolute Gasteiger partial charge is 0.305 e. The van der Waals surface area contributed by atoms with E-state index in [1.807, 2.05) is 0 Å². The van der Waals surface area contributed by atoms with Crippen LogP contribution in [0.25, 0.3) is 0 Å². The van der Waals surface area contributed by atoms with Crippen LogP contribution in [-0.4, -0.2) is 19.2 Å². The lowest BCUT2D eigenvalue weighted by molar-refractivity contribution is -0.143. The first-order valence-corrected chi connectivity index (χ1v) is 7.16. The van der Waals surface area contributed by atoms with E-state index in [1.54, 1.807) is 19.1 Å². The molecule has 0 N–H and O–H groups in total. The largest absolute Gasteiger partial charge is 0.490 e. The van der Waals surface area contributed by atoms with E-state index < -0.39 is 0 Å². The highest BCUT2D eigenvalue weighted by molar-refractivity contribution is 9.10. The van der Waals surface area contributed by atoms with Crippen LogP contribution in [0.4, 0.5) is 4.39 Å². The van der Waals surface area contributed by atoms with Crippen molar-refractivity contribution >= 4 is 21.9 Å². The van der Waals surface area contributed by atoms with Gasteiger partial charge < -0.3 is 9.47 Å². The molecule has 0 amide bonds. The Morgan fingerprint density at radius 3 is 2.84 bits per heavy atom. The minimum atomic E-state index is -0.366. The van der Waals surface area contributed by atoms with Gasteiger partial charge in [-0.1, -0.05) is 15.9 Å². The first kappa shape index (κ1) is 16.0. The lowest BCUT2D eigenvalue weighted by Gasteiger charge is -2.07. The third-order valence-corrected chi connectivity index (χ3v) is 2.97. The predicted octanol–water partition coefficient (Wildman–Crippen LogP) is 4.09. The predicted molar refractivity (Wildman–Crippen MR) is 74.7 cm³/mol. The summed E-state index contributed by atoms with van der Waals surface area (Å²) in [6.07, 6.45) is 2.84. The molecule has 0 fully saturated rings. The average molecular weight is 333 g/mol. The molecular formula is C14H18BrFO3. The zero-order valence-electron chi connectivity index (χ0n) is 11.0. The third-order valence-electron chi connectivity index (χ3n) is 2.48. The quantitative estimate of drug-likeness (QED) is 0.531. The maximum Gasteiger partial charge on any atom is 0.305 e. The normalized spacial score (nSPS) is 10.3. The van der Waals surface area contributed by atoms with Crippen molar-refractivity contribution in [2.45, 2.75) is 32.6 Å². The summed E-state index contributed by atoms with van der Waals surface area (Å²) in [6, 6.07) is 4.59. The van der Waals surface area contributed by atoms with Gasteiger partial charge in [0.05, 0.1) is 13.2 Å². The van der Waals surface area contributed by atoms with Gasteiger partial charge in [0.1, 0.15) is 0 Å². The summed E-state index contributed by atoms with van der Waals surface area (Å²) < 4.78 is 24.3. The number of hydrogen-bond donors (Lipinski definition) is 0. The highest BCUT2D eigenvalue weighted by Gasteiger charge is 2.04. The minimum Gasteiger partial charge on any atom is -0.490 e. The number of unbranched alkanes of at least 4 members (excludes halogenated alkanes) is 2. The monoisotopic (exact) mass is 332 g/mol. The minimum absolute atomic E-state index is 0.165. The number of benzene rings is 1. The second-order valence-corrected chi connectivity index (χ2v) is 4.95. The van der Waals surface area contributed by atoms with Crippen LogP contribution in [0.3, 0.4) is 0 Å². The maximum absolute atomic E-state index is 13.3. The molecule has 1 rings (SSSR count). The summed E-state index contributed by atoms with van der Waals surface area (Å²) in [5, 5.41) is 0. The Bertz CT molecular complexity index is 410. The lowest BCUT2D eigenvalue weighted by atomic mass is 10.2. The van der Waals surface area contributed by atoms with Crippen molar-refractivity contribution in [2.24, 2.45) is 0 Å². The van der Waals surface area contributed by atoms with Crippen molar-refractivity contribution in [2.75, 3.05) is 13.2 Å². The van der Waals surface area contributed by atoms with Gasteiger partial charge in [-0.15, -0.1) is 0 Å². The molecule has 0 aliphatic rings. The highest BCUT2D eigenvalue weighted by atomic mass is 79.9. The molecule has 19 heavy (non-hydrogen) atoms. The Morgan fingerprint density at radius 1 is 1.32 bits per heavy atom. The number of ether oxygens (including phenoxy) is 2. The molecule has 3 nitrogen and oxygen atoms in total. The molecule has 106 valence electrons. The molecule has 0 spiro atoms. The van der Waals surface area contributed by atoms with Crippen molar-refractivity contribution in [1.29, 1.82) is 0 Å². The molecule has 5 heteroatoms. The van der Waals surface area contributed by atoms with Crippen molar-refractivity contribution < 1.29 is 18.7 Å². The van der Waals surface area contributed by atoms with Crippen molar-refractivity contribution in [1.82, 2.24) is 0 Å². The standard InChI is InChI=1S/C14H18BrFO3/c1-2-18-14(17)6-4-3-5-9-19-13-10-11(15)7-8-12(13)16/h7-8,10H,2-6,9H2,1H3. The first-order chi connectivity index (χ1) is 9.13. The molecule has 0 bridgehead atoms. The summed E-state index contributed by atoms with van der Waals surface area (Å²) in [5.74, 6) is -0.282. The Morgan fingerprint density at radius 2 is 2.11 bits per heavy atom. The molecule has 1 aromatic carbocycles. The van der Waals surface area contributed by atoms with Gasteiger partial charge >= 0.3 is 5.97 Å². The average Bonchev–Trinajstić information content (AvgIpc) is 2.38. The summed E-state index contributed by atoms with van der Waals surface area (Å²) in [5.41, 5.74) is 0. The van der Waals surface area contributed by atoms with Gasteiger partial charge in [0.15, 0.2) is 11.6 Å². The summed E-state index contributed by atoms with van der Waals surface area (Å²) >= 11 is 3.26. The Kier molecular flexibility index (Phi) is 7.48. The number of rotatable bonds is 8. The Labute approximate surface area is 121 Å². The number of carbonyl (C=O) groups excluding carboxylic acids is 1. The van der Waals surface area contributed by atoms with Gasteiger partial charge in [-0.05, 0) is 44.4 Å². The van der Waals surface area contributed by atoms with Gasteiger partial charge in [0.25, 0.3) is 0 Å². The van der Waals surface area contributed by atoms with E-state index in [4.69, 9.17) is 9.47 Å². The molecule has 0 aliphatic heterocycles. The highest BCUT2D eigenvalue weighted by Crippen LogP contribution is 2.22. The molecule has 0 aromatic heterocycles. The van der Waals surface area contributed by atoms with Crippen molar-refractivity contribution in [3.63, 3.8) is 0 Å². The Balaban J connectivity index is 2.14. The van der Waals surface area contributed by atoms with Gasteiger partial charge in [-0.2, -0.15) is 0 Å². The first-order valence-electron chi connectivity index (χ1n) is 6.37. The third kappa shape index (κ3) is 6.57. The van der Waals surface area contributed by atoms with Gasteiger partial charge in [0, 0.05) is 10.9 Å². The number of esters is 1. The number of carbonyl (C=O) groups is 1. The van der Waals surface area contributed by atoms with Crippen LogP contribution in [-0.2, 0) is 9.53 Å². The lowest BCUT2D eigenvalue weighted by Crippen LogP contribution is -2.04. The number of halogens is 2. The molecule has 0 aliphatic carbocycles.